The lowest BCUT2D eigenvalue weighted by Crippen LogP contribution is -2.33. The lowest BCUT2D eigenvalue weighted by molar-refractivity contribution is -0.135. The number of nitrogens with zero attached hydrogens (tertiary/aromatic N) is 1. The molecule has 0 aliphatic carbocycles. The van der Waals surface area contributed by atoms with E-state index in [1.807, 2.05) is 0 Å². The van der Waals surface area contributed by atoms with Crippen molar-refractivity contribution in [2.24, 2.45) is 0 Å². The molecule has 1 aliphatic heterocycles. The smallest absolute Gasteiger partial charge is 0.335 e. The summed E-state index contributed by atoms with van der Waals surface area (Å²) in [7, 11) is 0. The molecule has 1 aromatic rings. The number of benzene rings is 1. The minimum atomic E-state index is -0.834. The largest absolute Gasteiger partial charge is 0.397 e. The summed E-state index contributed by atoms with van der Waals surface area (Å²) >= 11 is 5.73. The Morgan fingerprint density at radius 3 is 2.79 bits per heavy atom. The van der Waals surface area contributed by atoms with Crippen molar-refractivity contribution in [3.63, 3.8) is 0 Å². The summed E-state index contributed by atoms with van der Waals surface area (Å²) in [6.45, 7) is 0. The molecule has 0 unspecified atom stereocenters. The fourth-order valence-electron chi connectivity index (χ4n) is 1.11. The van der Waals surface area contributed by atoms with Gasteiger partial charge in [0.1, 0.15) is 0 Å². The molecule has 3 N–H and O–H groups in total. The van der Waals surface area contributed by atoms with Gasteiger partial charge in [-0.1, -0.05) is 11.6 Å². The number of fused-ring (bicyclic) bond motifs is 1. The van der Waals surface area contributed by atoms with Gasteiger partial charge in [0.05, 0.1) is 22.1 Å². The van der Waals surface area contributed by atoms with Crippen LogP contribution in [0.2, 0.25) is 5.02 Å². The van der Waals surface area contributed by atoms with Crippen LogP contribution in [0.15, 0.2) is 12.1 Å². The van der Waals surface area contributed by atoms with Crippen LogP contribution in [0.1, 0.15) is 0 Å². The van der Waals surface area contributed by atoms with Crippen LogP contribution in [0.3, 0.4) is 0 Å². The maximum Gasteiger partial charge on any atom is 0.335 e. The minimum absolute atomic E-state index is 0.314. The molecule has 6 heteroatoms. The number of hydrogen-bond donors (Lipinski definition) is 2. The second-order valence-corrected chi connectivity index (χ2v) is 3.17. The highest BCUT2D eigenvalue weighted by Crippen LogP contribution is 2.32. The average Bonchev–Trinajstić information content (AvgIpc) is 2.11. The monoisotopic (exact) mass is 210 g/mol. The van der Waals surface area contributed by atoms with E-state index < -0.39 is 11.8 Å². The highest BCUT2D eigenvalue weighted by Gasteiger charge is 2.25. The van der Waals surface area contributed by atoms with Crippen LogP contribution in [0, 0.1) is 0 Å². The van der Waals surface area contributed by atoms with Gasteiger partial charge in [-0.3, -0.25) is 9.59 Å². The molecule has 71 valence electrons. The van der Waals surface area contributed by atoms with Crippen molar-refractivity contribution in [2.45, 2.75) is 0 Å². The Hall–Kier alpha value is -1.75. The fraction of sp³-hybridized carbons (Fsp3) is 0. The summed E-state index contributed by atoms with van der Waals surface area (Å²) in [6.07, 6.45) is 0. The number of hydrogen-bond acceptors (Lipinski definition) is 3. The van der Waals surface area contributed by atoms with Gasteiger partial charge >= 0.3 is 11.8 Å². The van der Waals surface area contributed by atoms with Gasteiger partial charge in [-0.25, -0.2) is 5.32 Å². The normalized spacial score (nSPS) is 14.4. The number of anilines is 2. The quantitative estimate of drug-likeness (QED) is 0.487. The predicted octanol–water partition coefficient (Wildman–Crippen LogP) is 0.637. The van der Waals surface area contributed by atoms with E-state index in [0.29, 0.717) is 22.1 Å². The Morgan fingerprint density at radius 2 is 2.07 bits per heavy atom. The predicted molar refractivity (Wildman–Crippen MR) is 51.3 cm³/mol. The second kappa shape index (κ2) is 2.88. The molecule has 2 amide bonds. The highest BCUT2D eigenvalue weighted by atomic mass is 35.5. The molecule has 0 saturated heterocycles. The zero-order valence-electron chi connectivity index (χ0n) is 6.87. The molecule has 0 aromatic heterocycles. The third-order valence-corrected chi connectivity index (χ3v) is 2.11. The zero-order valence-corrected chi connectivity index (χ0v) is 7.63. The molecule has 0 saturated carbocycles. The van der Waals surface area contributed by atoms with Gasteiger partial charge in [-0.05, 0) is 12.1 Å². The molecular weight excluding hydrogens is 206 g/mol. The van der Waals surface area contributed by atoms with Crippen LogP contribution < -0.4 is 16.4 Å². The Bertz CT molecular complexity index is 403. The molecule has 0 atom stereocenters. The number of nitrogens with two attached hydrogens (primary N) is 1. The first-order valence-electron chi connectivity index (χ1n) is 3.74. The van der Waals surface area contributed by atoms with Crippen LogP contribution in [0.25, 0.3) is 0 Å². The third-order valence-electron chi connectivity index (χ3n) is 1.78. The molecule has 1 heterocycles. The Morgan fingerprint density at radius 1 is 1.36 bits per heavy atom. The van der Waals surface area contributed by atoms with Gasteiger partial charge in [0, 0.05) is 0 Å². The van der Waals surface area contributed by atoms with Crippen LogP contribution in [-0.4, -0.2) is 11.8 Å². The van der Waals surface area contributed by atoms with Crippen molar-refractivity contribution < 1.29 is 9.59 Å². The Kier molecular flexibility index (Phi) is 1.82. The minimum Gasteiger partial charge on any atom is -0.397 e. The van der Waals surface area contributed by atoms with Crippen molar-refractivity contribution in [3.05, 3.63) is 17.2 Å². The van der Waals surface area contributed by atoms with Crippen LogP contribution >= 0.6 is 11.6 Å². The molecule has 0 bridgehead atoms. The number of amides is 2. The van der Waals surface area contributed by atoms with Crippen LogP contribution in [0.4, 0.5) is 17.1 Å². The number of carbonyl (C=O) groups excluding carboxylic acids is 2. The van der Waals surface area contributed by atoms with Crippen LogP contribution in [0.5, 0.6) is 0 Å². The van der Waals surface area contributed by atoms with E-state index in [1.165, 1.54) is 12.1 Å². The summed E-state index contributed by atoms with van der Waals surface area (Å²) in [5.74, 6) is -1.60. The van der Waals surface area contributed by atoms with Crippen molar-refractivity contribution in [1.29, 1.82) is 0 Å². The lowest BCUT2D eigenvalue weighted by Gasteiger charge is -2.15. The van der Waals surface area contributed by atoms with E-state index in [2.05, 4.69) is 10.6 Å². The lowest BCUT2D eigenvalue weighted by atomic mass is 10.2. The number of carbonyl (C=O) groups is 2. The molecule has 1 aromatic carbocycles. The van der Waals surface area contributed by atoms with Crippen molar-refractivity contribution >= 4 is 40.5 Å². The van der Waals surface area contributed by atoms with E-state index in [4.69, 9.17) is 17.3 Å². The van der Waals surface area contributed by atoms with Gasteiger partial charge in [0.15, 0.2) is 0 Å². The maximum atomic E-state index is 10.9. The van der Waals surface area contributed by atoms with Gasteiger partial charge < -0.3 is 11.1 Å². The van der Waals surface area contributed by atoms with Gasteiger partial charge in [-0.15, -0.1) is 0 Å². The fourth-order valence-corrected chi connectivity index (χ4v) is 1.27. The molecule has 0 spiro atoms. The second-order valence-electron chi connectivity index (χ2n) is 2.76. The standard InChI is InChI=1S/C8H5ClN3O2/c9-3-1-5-6(2-4(3)10)12-8(14)7(13)11-5/h1-2H,10H2,(H,11,13). The van der Waals surface area contributed by atoms with E-state index in [-0.39, 0.29) is 0 Å². The van der Waals surface area contributed by atoms with Gasteiger partial charge in [-0.2, -0.15) is 0 Å². The van der Waals surface area contributed by atoms with E-state index >= 15 is 0 Å². The summed E-state index contributed by atoms with van der Waals surface area (Å²) < 4.78 is 0. The number of nitrogens with one attached hydrogen (secondary N) is 1. The highest BCUT2D eigenvalue weighted by molar-refractivity contribution is 6.43. The molecule has 5 nitrogen and oxygen atoms in total. The molecule has 1 aliphatic rings. The SMILES string of the molecule is Nc1cc2c(cc1Cl)NC(=O)C(=O)[N]2. The molecule has 2 rings (SSSR count). The summed E-state index contributed by atoms with van der Waals surface area (Å²) in [5.41, 5.74) is 6.55. The van der Waals surface area contributed by atoms with Crippen molar-refractivity contribution in [3.8, 4) is 0 Å². The third kappa shape index (κ3) is 1.27. The van der Waals surface area contributed by atoms with Gasteiger partial charge in [0.2, 0.25) is 0 Å². The first-order chi connectivity index (χ1) is 6.58. The van der Waals surface area contributed by atoms with Crippen molar-refractivity contribution in [1.82, 2.24) is 5.32 Å². The number of halogens is 1. The Labute approximate surface area is 84.2 Å². The average molecular weight is 211 g/mol. The molecule has 0 fully saturated rings. The van der Waals surface area contributed by atoms with E-state index in [9.17, 15) is 9.59 Å². The molecule has 14 heavy (non-hydrogen) atoms. The maximum absolute atomic E-state index is 10.9. The number of rotatable bonds is 0. The molecular formula is C8H5ClN3O2. The Balaban J connectivity index is 2.53. The number of nitrogen functional groups attached to an aromatic ring is 1. The first-order valence-corrected chi connectivity index (χ1v) is 4.12. The topological polar surface area (TPSA) is 86.3 Å². The zero-order chi connectivity index (χ0) is 10.3. The van der Waals surface area contributed by atoms with Gasteiger partial charge in [0.25, 0.3) is 0 Å². The summed E-state index contributed by atoms with van der Waals surface area (Å²) in [5, 5.41) is 6.21. The summed E-state index contributed by atoms with van der Waals surface area (Å²) in [4.78, 5) is 21.8. The van der Waals surface area contributed by atoms with E-state index in [0.717, 1.165) is 0 Å². The summed E-state index contributed by atoms with van der Waals surface area (Å²) in [6, 6.07) is 2.90. The first kappa shape index (κ1) is 8.83. The molecule has 1 radical (unpaired) electrons. The van der Waals surface area contributed by atoms with E-state index in [1.54, 1.807) is 0 Å². The van der Waals surface area contributed by atoms with Crippen molar-refractivity contribution in [2.75, 3.05) is 11.1 Å². The van der Waals surface area contributed by atoms with Crippen LogP contribution in [-0.2, 0) is 9.59 Å².